The van der Waals surface area contributed by atoms with Gasteiger partial charge in [0.2, 0.25) is 12.1 Å². The average molecular weight is 404 g/mol. The predicted octanol–water partition coefficient (Wildman–Crippen LogP) is 1.58. The van der Waals surface area contributed by atoms with Crippen LogP contribution in [0.25, 0.3) is 0 Å². The lowest BCUT2D eigenvalue weighted by Crippen LogP contribution is -2.56. The topological polar surface area (TPSA) is 102 Å². The lowest BCUT2D eigenvalue weighted by molar-refractivity contribution is -0.173. The van der Waals surface area contributed by atoms with E-state index in [9.17, 15) is 19.8 Å². The molecule has 4 rings (SSSR count). The fourth-order valence-corrected chi connectivity index (χ4v) is 5.67. The number of methoxy groups -OCH3 is 2. The molecule has 0 aromatic heterocycles. The minimum absolute atomic E-state index is 0.0407. The monoisotopic (exact) mass is 404 g/mol. The number of aliphatic hydroxyl groups excluding tert-OH is 2. The fourth-order valence-electron chi connectivity index (χ4n) is 5.67. The van der Waals surface area contributed by atoms with Crippen LogP contribution in [-0.4, -0.2) is 60.6 Å². The van der Waals surface area contributed by atoms with Crippen molar-refractivity contribution in [2.75, 3.05) is 14.2 Å². The lowest BCUT2D eigenvalue weighted by Gasteiger charge is -2.53. The van der Waals surface area contributed by atoms with Gasteiger partial charge in [-0.25, -0.2) is 0 Å². The van der Waals surface area contributed by atoms with Crippen molar-refractivity contribution in [3.05, 3.63) is 33.6 Å². The Kier molecular flexibility index (Phi) is 4.85. The van der Waals surface area contributed by atoms with Crippen LogP contribution in [0.2, 0.25) is 0 Å². The third-order valence-corrected chi connectivity index (χ3v) is 7.30. The van der Waals surface area contributed by atoms with Gasteiger partial charge in [-0.2, -0.15) is 0 Å². The summed E-state index contributed by atoms with van der Waals surface area (Å²) in [6.07, 6.45) is -2.53. The van der Waals surface area contributed by atoms with Crippen molar-refractivity contribution >= 4 is 11.6 Å². The van der Waals surface area contributed by atoms with Gasteiger partial charge in [-0.15, -0.1) is 0 Å². The van der Waals surface area contributed by atoms with Crippen molar-refractivity contribution in [3.8, 4) is 0 Å². The molecular formula is C22H28O7. The molecule has 158 valence electrons. The van der Waals surface area contributed by atoms with Crippen LogP contribution in [0, 0.1) is 11.3 Å². The van der Waals surface area contributed by atoms with Crippen LogP contribution in [-0.2, 0) is 23.8 Å². The fraction of sp³-hybridized carbons (Fsp3) is 0.636. The Morgan fingerprint density at radius 1 is 1.10 bits per heavy atom. The Balaban J connectivity index is 1.91. The Labute approximate surface area is 170 Å². The number of carbonyl (C=O) groups excluding carboxylic acids is 2. The highest BCUT2D eigenvalue weighted by molar-refractivity contribution is 6.25. The highest BCUT2D eigenvalue weighted by Gasteiger charge is 2.59. The van der Waals surface area contributed by atoms with E-state index >= 15 is 0 Å². The average Bonchev–Trinajstić information content (AvgIpc) is 2.68. The second-order valence-electron chi connectivity index (χ2n) is 8.75. The molecule has 0 fully saturated rings. The van der Waals surface area contributed by atoms with E-state index in [0.717, 1.165) is 12.0 Å². The first-order valence-electron chi connectivity index (χ1n) is 9.99. The van der Waals surface area contributed by atoms with E-state index < -0.39 is 35.8 Å². The molecule has 0 amide bonds. The van der Waals surface area contributed by atoms with E-state index in [1.807, 2.05) is 20.8 Å². The van der Waals surface area contributed by atoms with Crippen molar-refractivity contribution in [2.24, 2.45) is 11.3 Å². The number of Topliss-reactive ketones (excluding diaryl/α,β-unsaturated/α-hetero) is 2. The maximum atomic E-state index is 13.6. The quantitative estimate of drug-likeness (QED) is 0.532. The van der Waals surface area contributed by atoms with Gasteiger partial charge in [0.05, 0.1) is 6.10 Å². The Bertz CT molecular complexity index is 880. The smallest absolute Gasteiger partial charge is 0.226 e. The van der Waals surface area contributed by atoms with Gasteiger partial charge >= 0.3 is 0 Å². The van der Waals surface area contributed by atoms with Crippen molar-refractivity contribution in [1.29, 1.82) is 0 Å². The molecule has 0 saturated carbocycles. The third-order valence-electron chi connectivity index (χ3n) is 7.30. The highest BCUT2D eigenvalue weighted by atomic mass is 16.7. The largest absolute Gasteiger partial charge is 0.458 e. The lowest BCUT2D eigenvalue weighted by atomic mass is 9.52. The molecule has 0 saturated heterocycles. The Morgan fingerprint density at radius 2 is 1.79 bits per heavy atom. The molecule has 1 heterocycles. The van der Waals surface area contributed by atoms with Crippen LogP contribution in [0.1, 0.15) is 40.0 Å². The molecule has 0 spiro atoms. The summed E-state index contributed by atoms with van der Waals surface area (Å²) >= 11 is 0. The number of ketones is 2. The zero-order chi connectivity index (χ0) is 21.2. The van der Waals surface area contributed by atoms with Crippen LogP contribution in [0.4, 0.5) is 0 Å². The minimum atomic E-state index is -1.06. The number of ether oxygens (including phenoxy) is 3. The van der Waals surface area contributed by atoms with E-state index in [1.54, 1.807) is 0 Å². The summed E-state index contributed by atoms with van der Waals surface area (Å²) < 4.78 is 16.3. The molecule has 29 heavy (non-hydrogen) atoms. The van der Waals surface area contributed by atoms with Crippen molar-refractivity contribution in [3.63, 3.8) is 0 Å². The normalized spacial score (nSPS) is 39.9. The van der Waals surface area contributed by atoms with Crippen LogP contribution >= 0.6 is 0 Å². The summed E-state index contributed by atoms with van der Waals surface area (Å²) in [7, 11) is 2.82. The zero-order valence-electron chi connectivity index (χ0n) is 17.4. The van der Waals surface area contributed by atoms with Crippen molar-refractivity contribution < 1.29 is 34.0 Å². The minimum Gasteiger partial charge on any atom is -0.458 e. The number of rotatable bonds is 2. The molecule has 4 aliphatic rings. The number of hydrogen-bond donors (Lipinski definition) is 2. The molecule has 1 aliphatic heterocycles. The highest BCUT2D eigenvalue weighted by Crippen LogP contribution is 2.57. The van der Waals surface area contributed by atoms with E-state index in [-0.39, 0.29) is 35.0 Å². The summed E-state index contributed by atoms with van der Waals surface area (Å²) in [5.41, 5.74) is 2.24. The van der Waals surface area contributed by atoms with Crippen LogP contribution < -0.4 is 0 Å². The zero-order valence-corrected chi connectivity index (χ0v) is 17.4. The van der Waals surface area contributed by atoms with Crippen LogP contribution in [0.15, 0.2) is 33.6 Å². The molecule has 0 bridgehead atoms. The number of allylic oxidation sites excluding steroid dienone is 2. The molecule has 3 aliphatic carbocycles. The van der Waals surface area contributed by atoms with Crippen LogP contribution in [0.3, 0.4) is 0 Å². The first-order valence-corrected chi connectivity index (χ1v) is 9.99. The predicted molar refractivity (Wildman–Crippen MR) is 103 cm³/mol. The summed E-state index contributed by atoms with van der Waals surface area (Å²) in [5, 5.41) is 21.4. The van der Waals surface area contributed by atoms with Gasteiger partial charge in [-0.1, -0.05) is 18.1 Å². The van der Waals surface area contributed by atoms with E-state index in [1.165, 1.54) is 19.8 Å². The van der Waals surface area contributed by atoms with Gasteiger partial charge in [0.15, 0.2) is 11.5 Å². The van der Waals surface area contributed by atoms with E-state index in [4.69, 9.17) is 14.2 Å². The Hall–Kier alpha value is -1.80. The van der Waals surface area contributed by atoms with Gasteiger partial charge in [0, 0.05) is 48.7 Å². The first kappa shape index (κ1) is 20.5. The number of fused-ring (bicyclic) bond motifs is 2. The summed E-state index contributed by atoms with van der Waals surface area (Å²) in [6, 6.07) is 0. The van der Waals surface area contributed by atoms with Crippen molar-refractivity contribution in [1.82, 2.24) is 0 Å². The maximum Gasteiger partial charge on any atom is 0.226 e. The van der Waals surface area contributed by atoms with Crippen molar-refractivity contribution in [2.45, 2.75) is 64.6 Å². The molecule has 2 N–H and O–H groups in total. The van der Waals surface area contributed by atoms with E-state index in [0.29, 0.717) is 12.0 Å². The molecule has 7 nitrogen and oxygen atoms in total. The van der Waals surface area contributed by atoms with Crippen LogP contribution in [0.5, 0.6) is 0 Å². The van der Waals surface area contributed by atoms with Gasteiger partial charge in [0.25, 0.3) is 0 Å². The SMILES string of the molecule is COC1OC2=C(CC1O)C(=O)C1=C(C2=O)C2(C)CCC(C)=C(C)C2C(O)C1OC. The summed E-state index contributed by atoms with van der Waals surface area (Å²) in [5.74, 6) is -1.12. The number of carbonyl (C=O) groups is 2. The van der Waals surface area contributed by atoms with E-state index in [2.05, 4.69) is 0 Å². The second kappa shape index (κ2) is 6.87. The van der Waals surface area contributed by atoms with Gasteiger partial charge in [0.1, 0.15) is 12.2 Å². The molecule has 0 radical (unpaired) electrons. The molecular weight excluding hydrogens is 376 g/mol. The number of aliphatic hydroxyl groups is 2. The molecule has 0 aromatic rings. The Morgan fingerprint density at radius 3 is 2.41 bits per heavy atom. The number of hydrogen-bond acceptors (Lipinski definition) is 7. The first-order chi connectivity index (χ1) is 13.7. The summed E-state index contributed by atoms with van der Waals surface area (Å²) in [4.78, 5) is 27.1. The maximum absolute atomic E-state index is 13.6. The summed E-state index contributed by atoms with van der Waals surface area (Å²) in [6.45, 7) is 5.96. The standard InChI is InChI=1S/C22H28O7/c1-9-6-7-22(3)14(10(9)2)17(25)20(27-4)13-15(22)18(26)19-11(16(13)24)8-12(23)21(28-5)29-19/h12,14,17,20-21,23,25H,6-8H2,1-5H3. The third kappa shape index (κ3) is 2.64. The van der Waals surface area contributed by atoms with Gasteiger partial charge in [-0.05, 0) is 26.7 Å². The molecule has 0 aromatic carbocycles. The molecule has 6 unspecified atom stereocenters. The second-order valence-corrected chi connectivity index (χ2v) is 8.75. The molecule has 7 heteroatoms. The van der Waals surface area contributed by atoms with Gasteiger partial charge in [-0.3, -0.25) is 9.59 Å². The van der Waals surface area contributed by atoms with Gasteiger partial charge < -0.3 is 24.4 Å². The molecule has 6 atom stereocenters.